The number of nitrogens with zero attached hydrogens (tertiary/aromatic N) is 2. The van der Waals surface area contributed by atoms with Crippen LogP contribution in [0.3, 0.4) is 0 Å². The van der Waals surface area contributed by atoms with E-state index in [1.54, 1.807) is 18.4 Å². The number of hydrogen-bond donors (Lipinski definition) is 1. The Bertz CT molecular complexity index is 380. The van der Waals surface area contributed by atoms with Crippen molar-refractivity contribution in [2.24, 2.45) is 0 Å². The number of ether oxygens (including phenoxy) is 2. The van der Waals surface area contributed by atoms with Crippen molar-refractivity contribution in [2.45, 2.75) is 32.4 Å². The van der Waals surface area contributed by atoms with Crippen LogP contribution in [0.1, 0.15) is 24.6 Å². The monoisotopic (exact) mass is 299 g/mol. The standard InChI is InChI=1S/C14H25N3O2S/c1-3-17(11-12-5-4-7-19-12)14-16-10-13(20-14)9-15-6-8-18-2/h10,12,15H,3-9,11H2,1-2H3. The summed E-state index contributed by atoms with van der Waals surface area (Å²) < 4.78 is 10.7. The summed E-state index contributed by atoms with van der Waals surface area (Å²) in [6, 6.07) is 0. The van der Waals surface area contributed by atoms with Crippen LogP contribution in [0.15, 0.2) is 6.20 Å². The summed E-state index contributed by atoms with van der Waals surface area (Å²) in [6.45, 7) is 7.49. The zero-order valence-electron chi connectivity index (χ0n) is 12.4. The zero-order chi connectivity index (χ0) is 14.2. The van der Waals surface area contributed by atoms with E-state index in [-0.39, 0.29) is 0 Å². The van der Waals surface area contributed by atoms with Gasteiger partial charge in [-0.3, -0.25) is 0 Å². The minimum absolute atomic E-state index is 0.377. The Morgan fingerprint density at radius 1 is 1.60 bits per heavy atom. The Morgan fingerprint density at radius 2 is 2.50 bits per heavy atom. The lowest BCUT2D eigenvalue weighted by Crippen LogP contribution is -2.31. The highest BCUT2D eigenvalue weighted by molar-refractivity contribution is 7.15. The first-order valence-electron chi connectivity index (χ1n) is 7.34. The highest BCUT2D eigenvalue weighted by Gasteiger charge is 2.20. The predicted molar refractivity (Wildman–Crippen MR) is 82.6 cm³/mol. The number of likely N-dealkylation sites (N-methyl/N-ethyl adjacent to an activating group) is 1. The van der Waals surface area contributed by atoms with Gasteiger partial charge in [0, 0.05) is 51.0 Å². The fourth-order valence-corrected chi connectivity index (χ4v) is 3.24. The molecule has 1 aliphatic heterocycles. The van der Waals surface area contributed by atoms with Crippen LogP contribution in [0.4, 0.5) is 5.13 Å². The fourth-order valence-electron chi connectivity index (χ4n) is 2.29. The van der Waals surface area contributed by atoms with Crippen molar-refractivity contribution in [3.63, 3.8) is 0 Å². The van der Waals surface area contributed by atoms with Gasteiger partial charge in [0.05, 0.1) is 12.7 Å². The van der Waals surface area contributed by atoms with E-state index in [4.69, 9.17) is 9.47 Å². The molecule has 0 spiro atoms. The van der Waals surface area contributed by atoms with E-state index in [0.29, 0.717) is 6.10 Å². The first kappa shape index (κ1) is 15.7. The van der Waals surface area contributed by atoms with Gasteiger partial charge in [-0.1, -0.05) is 0 Å². The maximum absolute atomic E-state index is 5.71. The normalized spacial score (nSPS) is 18.6. The maximum Gasteiger partial charge on any atom is 0.185 e. The molecule has 1 aliphatic rings. The van der Waals surface area contributed by atoms with Gasteiger partial charge >= 0.3 is 0 Å². The largest absolute Gasteiger partial charge is 0.383 e. The highest BCUT2D eigenvalue weighted by Crippen LogP contribution is 2.24. The van der Waals surface area contributed by atoms with Crippen LogP contribution >= 0.6 is 11.3 Å². The van der Waals surface area contributed by atoms with Crippen LogP contribution in [0.25, 0.3) is 0 Å². The first-order chi connectivity index (χ1) is 9.83. The van der Waals surface area contributed by atoms with E-state index in [1.165, 1.54) is 17.7 Å². The van der Waals surface area contributed by atoms with Crippen molar-refractivity contribution in [2.75, 3.05) is 44.9 Å². The van der Waals surface area contributed by atoms with Gasteiger partial charge in [0.1, 0.15) is 0 Å². The summed E-state index contributed by atoms with van der Waals surface area (Å²) in [6.07, 6.45) is 4.71. The third kappa shape index (κ3) is 4.70. The molecule has 2 rings (SSSR count). The topological polar surface area (TPSA) is 46.6 Å². The molecule has 0 amide bonds. The molecule has 5 nitrogen and oxygen atoms in total. The second-order valence-corrected chi connectivity index (χ2v) is 6.05. The average Bonchev–Trinajstić information content (AvgIpc) is 3.12. The van der Waals surface area contributed by atoms with Gasteiger partial charge in [0.25, 0.3) is 0 Å². The molecule has 0 radical (unpaired) electrons. The Balaban J connectivity index is 1.81. The van der Waals surface area contributed by atoms with Crippen molar-refractivity contribution in [3.8, 4) is 0 Å². The zero-order valence-corrected chi connectivity index (χ0v) is 13.2. The molecule has 20 heavy (non-hydrogen) atoms. The van der Waals surface area contributed by atoms with Crippen LogP contribution in [-0.2, 0) is 16.0 Å². The number of thiazole rings is 1. The van der Waals surface area contributed by atoms with Gasteiger partial charge in [-0.05, 0) is 19.8 Å². The SMILES string of the molecule is CCN(CC1CCCO1)c1ncc(CNCCOC)s1. The molecule has 0 saturated carbocycles. The predicted octanol–water partition coefficient (Wildman–Crippen LogP) is 1.88. The van der Waals surface area contributed by atoms with Gasteiger partial charge in [-0.2, -0.15) is 0 Å². The molecule has 1 N–H and O–H groups in total. The van der Waals surface area contributed by atoms with Gasteiger partial charge in [0.2, 0.25) is 0 Å². The maximum atomic E-state index is 5.71. The molecule has 1 saturated heterocycles. The lowest BCUT2D eigenvalue weighted by atomic mass is 10.2. The summed E-state index contributed by atoms with van der Waals surface area (Å²) in [5.74, 6) is 0. The first-order valence-corrected chi connectivity index (χ1v) is 8.16. The van der Waals surface area contributed by atoms with Crippen molar-refractivity contribution in [3.05, 3.63) is 11.1 Å². The molecule has 1 aromatic heterocycles. The second-order valence-electron chi connectivity index (χ2n) is 4.95. The van der Waals surface area contributed by atoms with Crippen LogP contribution in [0.5, 0.6) is 0 Å². The molecule has 6 heteroatoms. The summed E-state index contributed by atoms with van der Waals surface area (Å²) >= 11 is 1.76. The minimum atomic E-state index is 0.377. The van der Waals surface area contributed by atoms with Crippen LogP contribution in [0.2, 0.25) is 0 Å². The Labute approximate surface area is 125 Å². The molecule has 0 bridgehead atoms. The number of rotatable bonds is 9. The van der Waals surface area contributed by atoms with Crippen LogP contribution < -0.4 is 10.2 Å². The number of hydrogen-bond acceptors (Lipinski definition) is 6. The number of anilines is 1. The van der Waals surface area contributed by atoms with Crippen molar-refractivity contribution >= 4 is 16.5 Å². The summed E-state index contributed by atoms with van der Waals surface area (Å²) in [5.41, 5.74) is 0. The molecular formula is C14H25N3O2S. The van der Waals surface area contributed by atoms with Gasteiger partial charge < -0.3 is 19.7 Å². The smallest absolute Gasteiger partial charge is 0.185 e. The Kier molecular flexibility index (Phi) is 6.72. The molecule has 0 aliphatic carbocycles. The highest BCUT2D eigenvalue weighted by atomic mass is 32.1. The fraction of sp³-hybridized carbons (Fsp3) is 0.786. The second kappa shape index (κ2) is 8.56. The quantitative estimate of drug-likeness (QED) is 0.706. The molecule has 1 unspecified atom stereocenters. The van der Waals surface area contributed by atoms with Gasteiger partial charge in [-0.25, -0.2) is 4.98 Å². The van der Waals surface area contributed by atoms with Gasteiger partial charge in [0.15, 0.2) is 5.13 Å². The van der Waals surface area contributed by atoms with E-state index in [1.807, 2.05) is 6.20 Å². The molecule has 1 fully saturated rings. The molecule has 1 atom stereocenters. The van der Waals surface area contributed by atoms with E-state index in [9.17, 15) is 0 Å². The summed E-state index contributed by atoms with van der Waals surface area (Å²) in [7, 11) is 1.72. The van der Waals surface area contributed by atoms with E-state index >= 15 is 0 Å². The van der Waals surface area contributed by atoms with Crippen LogP contribution in [0, 0.1) is 0 Å². The summed E-state index contributed by atoms with van der Waals surface area (Å²) in [4.78, 5) is 8.13. The molecule has 1 aromatic rings. The third-order valence-corrected chi connectivity index (χ3v) is 4.48. The minimum Gasteiger partial charge on any atom is -0.383 e. The number of aromatic nitrogens is 1. The number of nitrogens with one attached hydrogen (secondary N) is 1. The Morgan fingerprint density at radius 3 is 3.20 bits per heavy atom. The molecular weight excluding hydrogens is 274 g/mol. The average molecular weight is 299 g/mol. The van der Waals surface area contributed by atoms with Crippen molar-refractivity contribution in [1.29, 1.82) is 0 Å². The van der Waals surface area contributed by atoms with E-state index < -0.39 is 0 Å². The lowest BCUT2D eigenvalue weighted by molar-refractivity contribution is 0.115. The lowest BCUT2D eigenvalue weighted by Gasteiger charge is -2.23. The molecule has 0 aromatic carbocycles. The summed E-state index contributed by atoms with van der Waals surface area (Å²) in [5, 5.41) is 4.45. The van der Waals surface area contributed by atoms with Crippen molar-refractivity contribution < 1.29 is 9.47 Å². The third-order valence-electron chi connectivity index (χ3n) is 3.42. The Hall–Kier alpha value is -0.690. The van der Waals surface area contributed by atoms with Crippen molar-refractivity contribution in [1.82, 2.24) is 10.3 Å². The van der Waals surface area contributed by atoms with E-state index in [2.05, 4.69) is 22.1 Å². The van der Waals surface area contributed by atoms with E-state index in [0.717, 1.165) is 44.5 Å². The van der Waals surface area contributed by atoms with Crippen LogP contribution in [-0.4, -0.2) is 51.0 Å². The molecule has 114 valence electrons. The molecule has 2 heterocycles. The van der Waals surface area contributed by atoms with Gasteiger partial charge in [-0.15, -0.1) is 11.3 Å². The number of methoxy groups -OCH3 is 1.